The highest BCUT2D eigenvalue weighted by molar-refractivity contribution is 5.42. The van der Waals surface area contributed by atoms with Crippen LogP contribution < -0.4 is 5.73 Å². The van der Waals surface area contributed by atoms with Crippen molar-refractivity contribution in [1.82, 2.24) is 10.1 Å². The zero-order valence-corrected chi connectivity index (χ0v) is 11.6. The molecule has 104 valence electrons. The van der Waals surface area contributed by atoms with Crippen LogP contribution in [0.4, 0.5) is 0 Å². The van der Waals surface area contributed by atoms with E-state index in [-0.39, 0.29) is 5.92 Å². The van der Waals surface area contributed by atoms with Crippen LogP contribution in [-0.4, -0.2) is 16.7 Å². The summed E-state index contributed by atoms with van der Waals surface area (Å²) >= 11 is 0. The zero-order valence-electron chi connectivity index (χ0n) is 11.6. The fraction of sp³-hybridized carbons (Fsp3) is 0.500. The first-order valence-electron chi connectivity index (χ1n) is 7.41. The molecule has 2 N–H and O–H groups in total. The Morgan fingerprint density at radius 1 is 1.35 bits per heavy atom. The van der Waals surface area contributed by atoms with Crippen LogP contribution in [0, 0.1) is 5.92 Å². The van der Waals surface area contributed by atoms with Gasteiger partial charge in [-0.2, -0.15) is 4.98 Å². The highest BCUT2D eigenvalue weighted by Gasteiger charge is 2.56. The average molecular weight is 269 g/mol. The molecule has 1 aromatic heterocycles. The number of rotatable bonds is 3. The topological polar surface area (TPSA) is 64.9 Å². The third-order valence-corrected chi connectivity index (χ3v) is 4.87. The molecule has 4 nitrogen and oxygen atoms in total. The Bertz CT molecular complexity index is 636. The highest BCUT2D eigenvalue weighted by atomic mass is 16.5. The van der Waals surface area contributed by atoms with Crippen LogP contribution in [0.1, 0.15) is 53.9 Å². The summed E-state index contributed by atoms with van der Waals surface area (Å²) in [5.74, 6) is 3.42. The maximum atomic E-state index is 5.66. The molecule has 1 aromatic carbocycles. The summed E-state index contributed by atoms with van der Waals surface area (Å²) in [6.45, 7) is 2.59. The van der Waals surface area contributed by atoms with E-state index in [9.17, 15) is 0 Å². The quantitative estimate of drug-likeness (QED) is 0.930. The minimum atomic E-state index is 0.167. The second kappa shape index (κ2) is 4.42. The Morgan fingerprint density at radius 3 is 3.05 bits per heavy atom. The van der Waals surface area contributed by atoms with Crippen molar-refractivity contribution < 1.29 is 4.52 Å². The van der Waals surface area contributed by atoms with Gasteiger partial charge in [0.15, 0.2) is 5.82 Å². The van der Waals surface area contributed by atoms with E-state index < -0.39 is 0 Å². The number of aromatic nitrogens is 2. The Hall–Kier alpha value is -1.68. The normalized spacial score (nSPS) is 28.6. The predicted molar refractivity (Wildman–Crippen MR) is 75.5 cm³/mol. The second-order valence-corrected chi connectivity index (χ2v) is 6.08. The Kier molecular flexibility index (Phi) is 2.67. The monoisotopic (exact) mass is 269 g/mol. The van der Waals surface area contributed by atoms with E-state index in [1.54, 1.807) is 0 Å². The average Bonchev–Trinajstić information content (AvgIpc) is 3.04. The number of nitrogens with two attached hydrogens (primary N) is 1. The first-order valence-corrected chi connectivity index (χ1v) is 7.41. The number of benzene rings is 1. The summed E-state index contributed by atoms with van der Waals surface area (Å²) in [5, 5.41) is 4.10. The van der Waals surface area contributed by atoms with Crippen molar-refractivity contribution >= 4 is 0 Å². The molecule has 2 aliphatic rings. The molecule has 4 unspecified atom stereocenters. The predicted octanol–water partition coefficient (Wildman–Crippen LogP) is 2.58. The number of hydrogen-bond donors (Lipinski definition) is 1. The van der Waals surface area contributed by atoms with Gasteiger partial charge in [0.25, 0.3) is 0 Å². The van der Waals surface area contributed by atoms with Crippen molar-refractivity contribution in [2.24, 2.45) is 11.7 Å². The Balaban J connectivity index is 1.62. The fourth-order valence-electron chi connectivity index (χ4n) is 3.59. The van der Waals surface area contributed by atoms with Gasteiger partial charge in [-0.3, -0.25) is 0 Å². The number of nitrogens with zero attached hydrogens (tertiary/aromatic N) is 2. The standard InChI is InChI=1S/C16H19N3O/c1-9(8-17)15-18-16(20-19-15)14-12-7-6-10-4-2-3-5-11(10)13(12)14/h2-5,9,12-14H,6-8,17H2,1H3. The first kappa shape index (κ1) is 12.1. The number of fused-ring (bicyclic) bond motifs is 3. The number of aryl methyl sites for hydroxylation is 1. The molecule has 1 fully saturated rings. The van der Waals surface area contributed by atoms with Gasteiger partial charge in [0.1, 0.15) is 0 Å². The molecule has 4 atom stereocenters. The molecule has 20 heavy (non-hydrogen) atoms. The van der Waals surface area contributed by atoms with Crippen LogP contribution in [0.2, 0.25) is 0 Å². The van der Waals surface area contributed by atoms with Crippen molar-refractivity contribution in [2.45, 2.75) is 37.5 Å². The van der Waals surface area contributed by atoms with Gasteiger partial charge >= 0.3 is 0 Å². The van der Waals surface area contributed by atoms with E-state index in [1.165, 1.54) is 24.0 Å². The molecule has 1 saturated carbocycles. The van der Waals surface area contributed by atoms with Crippen molar-refractivity contribution in [1.29, 1.82) is 0 Å². The van der Waals surface area contributed by atoms with Gasteiger partial charge < -0.3 is 10.3 Å². The lowest BCUT2D eigenvalue weighted by Gasteiger charge is -2.13. The SMILES string of the molecule is CC(CN)c1noc(C2C3CCc4ccccc4C32)n1. The van der Waals surface area contributed by atoms with E-state index in [2.05, 4.69) is 34.4 Å². The lowest BCUT2D eigenvalue weighted by molar-refractivity contribution is 0.366. The second-order valence-electron chi connectivity index (χ2n) is 6.08. The lowest BCUT2D eigenvalue weighted by atomic mass is 9.92. The maximum absolute atomic E-state index is 5.66. The molecule has 4 rings (SSSR count). The first-order chi connectivity index (χ1) is 9.79. The van der Waals surface area contributed by atoms with E-state index in [1.807, 2.05) is 6.92 Å². The summed E-state index contributed by atoms with van der Waals surface area (Å²) < 4.78 is 5.50. The zero-order chi connectivity index (χ0) is 13.7. The summed E-state index contributed by atoms with van der Waals surface area (Å²) in [4.78, 5) is 4.58. The minimum Gasteiger partial charge on any atom is -0.339 e. The van der Waals surface area contributed by atoms with Gasteiger partial charge in [-0.1, -0.05) is 36.3 Å². The molecule has 2 aliphatic carbocycles. The molecule has 1 heterocycles. The molecule has 0 spiro atoms. The molecular weight excluding hydrogens is 250 g/mol. The highest BCUT2D eigenvalue weighted by Crippen LogP contribution is 2.64. The van der Waals surface area contributed by atoms with Gasteiger partial charge in [-0.05, 0) is 35.8 Å². The minimum absolute atomic E-state index is 0.167. The third kappa shape index (κ3) is 1.71. The van der Waals surface area contributed by atoms with Crippen LogP contribution in [0.15, 0.2) is 28.8 Å². The Labute approximate surface area is 118 Å². The van der Waals surface area contributed by atoms with E-state index in [0.717, 1.165) is 11.7 Å². The maximum Gasteiger partial charge on any atom is 0.230 e. The van der Waals surface area contributed by atoms with Gasteiger partial charge in [-0.25, -0.2) is 0 Å². The van der Waals surface area contributed by atoms with Crippen molar-refractivity contribution in [3.63, 3.8) is 0 Å². The molecule has 0 saturated heterocycles. The summed E-state index contributed by atoms with van der Waals surface area (Å²) in [7, 11) is 0. The van der Waals surface area contributed by atoms with Crippen LogP contribution >= 0.6 is 0 Å². The molecule has 0 radical (unpaired) electrons. The molecule has 0 bridgehead atoms. The van der Waals surface area contributed by atoms with E-state index in [4.69, 9.17) is 10.3 Å². The molecule has 2 aromatic rings. The molecular formula is C16H19N3O. The third-order valence-electron chi connectivity index (χ3n) is 4.87. The van der Waals surface area contributed by atoms with E-state index >= 15 is 0 Å². The summed E-state index contributed by atoms with van der Waals surface area (Å²) in [6.07, 6.45) is 2.41. The van der Waals surface area contributed by atoms with Crippen LogP contribution in [0.3, 0.4) is 0 Å². The smallest absolute Gasteiger partial charge is 0.230 e. The molecule has 0 amide bonds. The van der Waals surface area contributed by atoms with Crippen LogP contribution in [-0.2, 0) is 6.42 Å². The van der Waals surface area contributed by atoms with Gasteiger partial charge in [-0.15, -0.1) is 0 Å². The van der Waals surface area contributed by atoms with Gasteiger partial charge in [0.05, 0.1) is 0 Å². The fourth-order valence-corrected chi connectivity index (χ4v) is 3.59. The largest absolute Gasteiger partial charge is 0.339 e. The van der Waals surface area contributed by atoms with Crippen LogP contribution in [0.25, 0.3) is 0 Å². The number of hydrogen-bond acceptors (Lipinski definition) is 4. The van der Waals surface area contributed by atoms with Crippen molar-refractivity contribution in [3.8, 4) is 0 Å². The van der Waals surface area contributed by atoms with Gasteiger partial charge in [0.2, 0.25) is 5.89 Å². The molecule has 4 heteroatoms. The molecule has 0 aliphatic heterocycles. The van der Waals surface area contributed by atoms with Crippen LogP contribution in [0.5, 0.6) is 0 Å². The summed E-state index contributed by atoms with van der Waals surface area (Å²) in [6, 6.07) is 8.76. The summed E-state index contributed by atoms with van der Waals surface area (Å²) in [5.41, 5.74) is 8.64. The lowest BCUT2D eigenvalue weighted by Crippen LogP contribution is -2.10. The van der Waals surface area contributed by atoms with Crippen molar-refractivity contribution in [2.75, 3.05) is 6.54 Å². The Morgan fingerprint density at radius 2 is 2.20 bits per heavy atom. The van der Waals surface area contributed by atoms with Crippen molar-refractivity contribution in [3.05, 3.63) is 47.1 Å². The van der Waals surface area contributed by atoms with Gasteiger partial charge in [0, 0.05) is 18.4 Å². The van der Waals surface area contributed by atoms with E-state index in [0.29, 0.717) is 24.3 Å².